The molecule has 1 amide bonds. The Bertz CT molecular complexity index is 392. The van der Waals surface area contributed by atoms with Crippen LogP contribution in [0.3, 0.4) is 0 Å². The van der Waals surface area contributed by atoms with Crippen molar-refractivity contribution in [1.29, 1.82) is 0 Å². The molecule has 92 valence electrons. The van der Waals surface area contributed by atoms with Gasteiger partial charge in [0.15, 0.2) is 0 Å². The quantitative estimate of drug-likeness (QED) is 0.769. The summed E-state index contributed by atoms with van der Waals surface area (Å²) in [5, 5.41) is 2.93. The number of benzene rings is 1. The van der Waals surface area contributed by atoms with Gasteiger partial charge in [0.05, 0.1) is 11.4 Å². The Hall–Kier alpha value is -1.55. The van der Waals surface area contributed by atoms with Crippen molar-refractivity contribution in [1.82, 2.24) is 0 Å². The van der Waals surface area contributed by atoms with Crippen LogP contribution < -0.4 is 11.1 Å². The molecular formula is C13H18N2O2. The Morgan fingerprint density at radius 1 is 1.41 bits per heavy atom. The smallest absolute Gasteiger partial charge is 0.227 e. The molecule has 0 unspecified atom stereocenters. The molecular weight excluding hydrogens is 216 g/mol. The number of nitrogen functional groups attached to an aromatic ring is 1. The van der Waals surface area contributed by atoms with Crippen LogP contribution in [0.25, 0.3) is 0 Å². The number of anilines is 2. The molecule has 2 rings (SSSR count). The lowest BCUT2D eigenvalue weighted by molar-refractivity contribution is -0.122. The molecule has 1 heterocycles. The van der Waals surface area contributed by atoms with Crippen molar-refractivity contribution in [3.63, 3.8) is 0 Å². The van der Waals surface area contributed by atoms with Crippen LogP contribution in [0.15, 0.2) is 18.2 Å². The van der Waals surface area contributed by atoms with Crippen LogP contribution in [0, 0.1) is 12.8 Å². The highest BCUT2D eigenvalue weighted by molar-refractivity contribution is 5.96. The third-order valence-electron chi connectivity index (χ3n) is 3.15. The number of carbonyl (C=O) groups is 1. The predicted molar refractivity (Wildman–Crippen MR) is 67.8 cm³/mol. The van der Waals surface area contributed by atoms with Crippen molar-refractivity contribution in [2.24, 2.45) is 5.92 Å². The lowest BCUT2D eigenvalue weighted by Crippen LogP contribution is -2.29. The van der Waals surface area contributed by atoms with Gasteiger partial charge in [0.1, 0.15) is 0 Å². The molecule has 4 heteroatoms. The highest BCUT2D eigenvalue weighted by Crippen LogP contribution is 2.24. The monoisotopic (exact) mass is 234 g/mol. The van der Waals surface area contributed by atoms with Gasteiger partial charge in [-0.25, -0.2) is 0 Å². The summed E-state index contributed by atoms with van der Waals surface area (Å²) < 4.78 is 5.24. The fourth-order valence-corrected chi connectivity index (χ4v) is 2.05. The van der Waals surface area contributed by atoms with Crippen molar-refractivity contribution >= 4 is 17.3 Å². The van der Waals surface area contributed by atoms with Gasteiger partial charge >= 0.3 is 0 Å². The molecule has 0 atom stereocenters. The van der Waals surface area contributed by atoms with E-state index in [1.807, 2.05) is 19.1 Å². The molecule has 1 saturated heterocycles. The lowest BCUT2D eigenvalue weighted by Gasteiger charge is -2.22. The normalized spacial score (nSPS) is 16.8. The van der Waals surface area contributed by atoms with E-state index in [2.05, 4.69) is 5.32 Å². The Morgan fingerprint density at radius 2 is 2.12 bits per heavy atom. The van der Waals surface area contributed by atoms with Crippen molar-refractivity contribution < 1.29 is 9.53 Å². The summed E-state index contributed by atoms with van der Waals surface area (Å²) in [5.41, 5.74) is 8.21. The van der Waals surface area contributed by atoms with E-state index in [0.29, 0.717) is 18.9 Å². The fourth-order valence-electron chi connectivity index (χ4n) is 2.05. The minimum atomic E-state index is 0.0442. The summed E-state index contributed by atoms with van der Waals surface area (Å²) in [6.45, 7) is 3.28. The Balaban J connectivity index is 2.07. The number of carbonyl (C=O) groups excluding carboxylic acids is 1. The van der Waals surface area contributed by atoms with Gasteiger partial charge in [0.2, 0.25) is 5.91 Å². The zero-order valence-corrected chi connectivity index (χ0v) is 10.0. The van der Waals surface area contributed by atoms with Gasteiger partial charge in [-0.3, -0.25) is 4.79 Å². The molecule has 1 aliphatic heterocycles. The predicted octanol–water partition coefficient (Wildman–Crippen LogP) is 1.94. The van der Waals surface area contributed by atoms with Gasteiger partial charge in [0.25, 0.3) is 0 Å². The molecule has 0 spiro atoms. The SMILES string of the molecule is Cc1cccc(N)c1NC(=O)C1CCOCC1. The molecule has 3 N–H and O–H groups in total. The summed E-state index contributed by atoms with van der Waals surface area (Å²) in [6, 6.07) is 5.62. The van der Waals surface area contributed by atoms with E-state index >= 15 is 0 Å². The molecule has 17 heavy (non-hydrogen) atoms. The summed E-state index contributed by atoms with van der Waals surface area (Å²) >= 11 is 0. The molecule has 0 aliphatic carbocycles. The number of amides is 1. The molecule has 0 aromatic heterocycles. The first-order valence-corrected chi connectivity index (χ1v) is 5.92. The van der Waals surface area contributed by atoms with Crippen LogP contribution in [0.4, 0.5) is 11.4 Å². The van der Waals surface area contributed by atoms with E-state index in [4.69, 9.17) is 10.5 Å². The van der Waals surface area contributed by atoms with E-state index in [1.54, 1.807) is 6.07 Å². The van der Waals surface area contributed by atoms with Crippen molar-refractivity contribution in [3.8, 4) is 0 Å². The van der Waals surface area contributed by atoms with Crippen LogP contribution in [-0.2, 0) is 9.53 Å². The number of hydrogen-bond acceptors (Lipinski definition) is 3. The molecule has 1 aromatic carbocycles. The van der Waals surface area contributed by atoms with Gasteiger partial charge < -0.3 is 15.8 Å². The average molecular weight is 234 g/mol. The summed E-state index contributed by atoms with van der Waals surface area (Å²) in [7, 11) is 0. The fraction of sp³-hybridized carbons (Fsp3) is 0.462. The number of hydrogen-bond donors (Lipinski definition) is 2. The number of nitrogens with one attached hydrogen (secondary N) is 1. The first-order chi connectivity index (χ1) is 8.18. The van der Waals surface area contributed by atoms with E-state index in [0.717, 1.165) is 24.1 Å². The van der Waals surface area contributed by atoms with Gasteiger partial charge in [-0.1, -0.05) is 12.1 Å². The number of nitrogens with two attached hydrogens (primary N) is 1. The second-order valence-corrected chi connectivity index (χ2v) is 4.42. The second kappa shape index (κ2) is 5.19. The first-order valence-electron chi connectivity index (χ1n) is 5.92. The zero-order valence-electron chi connectivity index (χ0n) is 10.0. The van der Waals surface area contributed by atoms with Gasteiger partial charge in [-0.05, 0) is 31.4 Å². The average Bonchev–Trinajstić information content (AvgIpc) is 2.35. The molecule has 0 saturated carbocycles. The minimum Gasteiger partial charge on any atom is -0.397 e. The number of ether oxygens (including phenoxy) is 1. The van der Waals surface area contributed by atoms with Crippen molar-refractivity contribution in [2.75, 3.05) is 24.3 Å². The van der Waals surface area contributed by atoms with E-state index < -0.39 is 0 Å². The summed E-state index contributed by atoms with van der Waals surface area (Å²) in [5.74, 6) is 0.0945. The second-order valence-electron chi connectivity index (χ2n) is 4.42. The topological polar surface area (TPSA) is 64.3 Å². The number of aryl methyl sites for hydroxylation is 1. The first kappa shape index (κ1) is 11.9. The molecule has 1 aromatic rings. The maximum atomic E-state index is 12.0. The Morgan fingerprint density at radius 3 is 2.76 bits per heavy atom. The molecule has 4 nitrogen and oxygen atoms in total. The van der Waals surface area contributed by atoms with Crippen molar-refractivity contribution in [3.05, 3.63) is 23.8 Å². The largest absolute Gasteiger partial charge is 0.397 e. The third kappa shape index (κ3) is 2.77. The van der Waals surface area contributed by atoms with Crippen LogP contribution in [0.5, 0.6) is 0 Å². The van der Waals surface area contributed by atoms with Crippen LogP contribution in [-0.4, -0.2) is 19.1 Å². The van der Waals surface area contributed by atoms with Gasteiger partial charge in [-0.15, -0.1) is 0 Å². The third-order valence-corrected chi connectivity index (χ3v) is 3.15. The maximum Gasteiger partial charge on any atom is 0.227 e. The lowest BCUT2D eigenvalue weighted by atomic mass is 9.99. The van der Waals surface area contributed by atoms with Gasteiger partial charge in [0, 0.05) is 19.1 Å². The molecule has 1 fully saturated rings. The zero-order chi connectivity index (χ0) is 12.3. The molecule has 0 radical (unpaired) electrons. The molecule has 0 bridgehead atoms. The number of para-hydroxylation sites is 1. The van der Waals surface area contributed by atoms with E-state index in [1.165, 1.54) is 0 Å². The van der Waals surface area contributed by atoms with Crippen LogP contribution >= 0.6 is 0 Å². The number of rotatable bonds is 2. The van der Waals surface area contributed by atoms with Crippen molar-refractivity contribution in [2.45, 2.75) is 19.8 Å². The summed E-state index contributed by atoms with van der Waals surface area (Å²) in [4.78, 5) is 12.0. The van der Waals surface area contributed by atoms with E-state index in [9.17, 15) is 4.79 Å². The highest BCUT2D eigenvalue weighted by atomic mass is 16.5. The van der Waals surface area contributed by atoms with Crippen LogP contribution in [0.2, 0.25) is 0 Å². The van der Waals surface area contributed by atoms with Crippen LogP contribution in [0.1, 0.15) is 18.4 Å². The van der Waals surface area contributed by atoms with E-state index in [-0.39, 0.29) is 11.8 Å². The Kier molecular flexibility index (Phi) is 3.64. The standard InChI is InChI=1S/C13H18N2O2/c1-9-3-2-4-11(14)12(9)15-13(16)10-5-7-17-8-6-10/h2-4,10H,5-8,14H2,1H3,(H,15,16). The molecule has 1 aliphatic rings. The Labute approximate surface area is 101 Å². The maximum absolute atomic E-state index is 12.0. The minimum absolute atomic E-state index is 0.0442. The highest BCUT2D eigenvalue weighted by Gasteiger charge is 2.22. The summed E-state index contributed by atoms with van der Waals surface area (Å²) in [6.07, 6.45) is 1.58. The van der Waals surface area contributed by atoms with Gasteiger partial charge in [-0.2, -0.15) is 0 Å².